The van der Waals surface area contributed by atoms with Crippen LogP contribution in [-0.2, 0) is 9.84 Å². The van der Waals surface area contributed by atoms with Gasteiger partial charge in [0.05, 0.1) is 11.5 Å². The molecule has 1 aromatic heterocycles. The van der Waals surface area contributed by atoms with Crippen LogP contribution in [0.1, 0.15) is 38.2 Å². The number of aromatic nitrogens is 1. The molecule has 0 aromatic carbocycles. The zero-order valence-corrected chi connectivity index (χ0v) is 13.1. The Morgan fingerprint density at radius 1 is 1.40 bits per heavy atom. The van der Waals surface area contributed by atoms with E-state index in [1.807, 2.05) is 12.1 Å². The lowest BCUT2D eigenvalue weighted by Gasteiger charge is -2.30. The van der Waals surface area contributed by atoms with E-state index in [2.05, 4.69) is 24.1 Å². The van der Waals surface area contributed by atoms with Gasteiger partial charge in [-0.15, -0.1) is 0 Å². The van der Waals surface area contributed by atoms with Gasteiger partial charge in [-0.25, -0.2) is 8.42 Å². The first-order valence-electron chi connectivity index (χ1n) is 7.37. The summed E-state index contributed by atoms with van der Waals surface area (Å²) in [6, 6.07) is 4.26. The normalized spacial score (nSPS) is 24.4. The summed E-state index contributed by atoms with van der Waals surface area (Å²) < 4.78 is 23.5. The molecule has 2 heterocycles. The van der Waals surface area contributed by atoms with Crippen LogP contribution < -0.4 is 5.32 Å². The fourth-order valence-electron chi connectivity index (χ4n) is 3.04. The summed E-state index contributed by atoms with van der Waals surface area (Å²) in [4.78, 5) is 4.05. The van der Waals surface area contributed by atoms with Crippen molar-refractivity contribution in [2.75, 3.05) is 18.1 Å². The van der Waals surface area contributed by atoms with Crippen molar-refractivity contribution in [2.45, 2.75) is 38.6 Å². The second-order valence-electron chi connectivity index (χ2n) is 5.71. The Bertz CT molecular complexity index is 516. The van der Waals surface area contributed by atoms with Crippen molar-refractivity contribution in [1.82, 2.24) is 10.3 Å². The Hall–Kier alpha value is -0.940. The van der Waals surface area contributed by atoms with Crippen molar-refractivity contribution in [3.63, 3.8) is 0 Å². The number of rotatable bonds is 6. The number of nitrogens with zero attached hydrogens (tertiary/aromatic N) is 1. The maximum Gasteiger partial charge on any atom is 0.150 e. The number of hydrogen-bond acceptors (Lipinski definition) is 4. The Kier molecular flexibility index (Phi) is 5.16. The van der Waals surface area contributed by atoms with Crippen LogP contribution in [-0.4, -0.2) is 37.5 Å². The molecule has 1 fully saturated rings. The Balaban J connectivity index is 2.15. The van der Waals surface area contributed by atoms with E-state index in [-0.39, 0.29) is 12.0 Å². The number of pyridine rings is 1. The molecule has 0 amide bonds. The highest BCUT2D eigenvalue weighted by molar-refractivity contribution is 7.91. The fraction of sp³-hybridized carbons (Fsp3) is 0.667. The lowest BCUT2D eigenvalue weighted by Crippen LogP contribution is -2.41. The summed E-state index contributed by atoms with van der Waals surface area (Å²) in [6.07, 6.45) is 5.43. The van der Waals surface area contributed by atoms with Gasteiger partial charge < -0.3 is 5.32 Å². The van der Waals surface area contributed by atoms with Gasteiger partial charge in [0.25, 0.3) is 0 Å². The highest BCUT2D eigenvalue weighted by Gasteiger charge is 2.36. The first-order chi connectivity index (χ1) is 9.53. The smallest absolute Gasteiger partial charge is 0.150 e. The fourth-order valence-corrected chi connectivity index (χ4v) is 4.90. The number of hydrogen-bond donors (Lipinski definition) is 1. The van der Waals surface area contributed by atoms with E-state index in [1.54, 1.807) is 12.4 Å². The second kappa shape index (κ2) is 6.68. The molecule has 3 atom stereocenters. The maximum atomic E-state index is 11.7. The van der Waals surface area contributed by atoms with Gasteiger partial charge in [0.2, 0.25) is 0 Å². The van der Waals surface area contributed by atoms with E-state index in [0.29, 0.717) is 17.4 Å². The van der Waals surface area contributed by atoms with Crippen LogP contribution in [0.5, 0.6) is 0 Å². The molecule has 2 rings (SSSR count). The van der Waals surface area contributed by atoms with Crippen LogP contribution in [0.4, 0.5) is 0 Å². The lowest BCUT2D eigenvalue weighted by atomic mass is 9.84. The molecule has 112 valence electrons. The van der Waals surface area contributed by atoms with Gasteiger partial charge in [-0.1, -0.05) is 13.8 Å². The molecule has 1 N–H and O–H groups in total. The van der Waals surface area contributed by atoms with Crippen molar-refractivity contribution in [1.29, 1.82) is 0 Å². The molecule has 20 heavy (non-hydrogen) atoms. The first kappa shape index (κ1) is 15.4. The van der Waals surface area contributed by atoms with E-state index in [0.717, 1.165) is 19.4 Å². The van der Waals surface area contributed by atoms with Crippen molar-refractivity contribution in [3.8, 4) is 0 Å². The van der Waals surface area contributed by atoms with Crippen LogP contribution >= 0.6 is 0 Å². The zero-order chi connectivity index (χ0) is 14.6. The molecule has 1 aliphatic rings. The van der Waals surface area contributed by atoms with Gasteiger partial charge in [0, 0.05) is 18.4 Å². The molecule has 4 nitrogen and oxygen atoms in total. The highest BCUT2D eigenvalue weighted by Crippen LogP contribution is 2.30. The minimum atomic E-state index is -2.83. The third-order valence-electron chi connectivity index (χ3n) is 4.18. The largest absolute Gasteiger partial charge is 0.313 e. The monoisotopic (exact) mass is 296 g/mol. The van der Waals surface area contributed by atoms with E-state index in [1.165, 1.54) is 5.56 Å². The molecule has 1 saturated heterocycles. The lowest BCUT2D eigenvalue weighted by molar-refractivity contribution is 0.339. The van der Waals surface area contributed by atoms with E-state index in [9.17, 15) is 8.42 Å². The highest BCUT2D eigenvalue weighted by atomic mass is 32.2. The minimum absolute atomic E-state index is 0.217. The molecule has 5 heteroatoms. The van der Waals surface area contributed by atoms with Crippen LogP contribution in [0, 0.1) is 5.92 Å². The quantitative estimate of drug-likeness (QED) is 0.872. The third-order valence-corrected chi connectivity index (χ3v) is 5.97. The molecule has 1 aromatic rings. The molecule has 0 aliphatic carbocycles. The SMILES string of the molecule is CCCNC(C1CCS(=O)(=O)C1)C(C)c1ccncc1. The topological polar surface area (TPSA) is 59.1 Å². The molecular weight excluding hydrogens is 272 g/mol. The summed E-state index contributed by atoms with van der Waals surface area (Å²) in [6.45, 7) is 5.23. The summed E-state index contributed by atoms with van der Waals surface area (Å²) in [7, 11) is -2.83. The standard InChI is InChI=1S/C15H24N2O2S/c1-3-7-17-15(14-6-10-20(18,19)11-14)12(2)13-4-8-16-9-5-13/h4-5,8-9,12,14-15,17H,3,6-7,10-11H2,1-2H3. The Morgan fingerprint density at radius 3 is 2.65 bits per heavy atom. The zero-order valence-electron chi connectivity index (χ0n) is 12.2. The van der Waals surface area contributed by atoms with Gasteiger partial charge >= 0.3 is 0 Å². The third kappa shape index (κ3) is 3.79. The minimum Gasteiger partial charge on any atom is -0.313 e. The summed E-state index contributed by atoms with van der Waals surface area (Å²) in [5, 5.41) is 3.56. The van der Waals surface area contributed by atoms with Gasteiger partial charge in [-0.05, 0) is 48.9 Å². The van der Waals surface area contributed by atoms with E-state index in [4.69, 9.17) is 0 Å². The summed E-state index contributed by atoms with van der Waals surface area (Å²) in [5.74, 6) is 1.17. The van der Waals surface area contributed by atoms with Gasteiger partial charge in [0.15, 0.2) is 9.84 Å². The van der Waals surface area contributed by atoms with E-state index < -0.39 is 9.84 Å². The average molecular weight is 296 g/mol. The molecule has 0 saturated carbocycles. The predicted octanol–water partition coefficient (Wildman–Crippen LogP) is 1.99. The molecule has 1 aliphatic heterocycles. The maximum absolute atomic E-state index is 11.7. The van der Waals surface area contributed by atoms with Crippen molar-refractivity contribution in [3.05, 3.63) is 30.1 Å². The Morgan fingerprint density at radius 2 is 2.10 bits per heavy atom. The predicted molar refractivity (Wildman–Crippen MR) is 81.5 cm³/mol. The number of sulfone groups is 1. The van der Waals surface area contributed by atoms with Crippen LogP contribution in [0.15, 0.2) is 24.5 Å². The average Bonchev–Trinajstić information content (AvgIpc) is 2.80. The number of nitrogens with one attached hydrogen (secondary N) is 1. The molecule has 0 spiro atoms. The van der Waals surface area contributed by atoms with E-state index >= 15 is 0 Å². The van der Waals surface area contributed by atoms with Crippen LogP contribution in [0.3, 0.4) is 0 Å². The Labute approximate surface area is 121 Å². The van der Waals surface area contributed by atoms with Gasteiger partial charge in [-0.2, -0.15) is 0 Å². The van der Waals surface area contributed by atoms with Gasteiger partial charge in [0.1, 0.15) is 0 Å². The summed E-state index contributed by atoms with van der Waals surface area (Å²) >= 11 is 0. The van der Waals surface area contributed by atoms with Crippen LogP contribution in [0.2, 0.25) is 0 Å². The molecular formula is C15H24N2O2S. The first-order valence-corrected chi connectivity index (χ1v) is 9.19. The van der Waals surface area contributed by atoms with Crippen molar-refractivity contribution >= 4 is 9.84 Å². The molecule has 0 radical (unpaired) electrons. The second-order valence-corrected chi connectivity index (χ2v) is 7.94. The summed E-state index contributed by atoms with van der Waals surface area (Å²) in [5.41, 5.74) is 1.22. The van der Waals surface area contributed by atoms with Crippen molar-refractivity contribution < 1.29 is 8.42 Å². The van der Waals surface area contributed by atoms with Gasteiger partial charge in [-0.3, -0.25) is 4.98 Å². The van der Waals surface area contributed by atoms with Crippen LogP contribution in [0.25, 0.3) is 0 Å². The molecule has 0 bridgehead atoms. The van der Waals surface area contributed by atoms with Crippen molar-refractivity contribution in [2.24, 2.45) is 5.92 Å². The molecule has 3 unspecified atom stereocenters.